The first-order valence-electron chi connectivity index (χ1n) is 6.95. The lowest BCUT2D eigenvalue weighted by molar-refractivity contribution is -0.120. The van der Waals surface area contributed by atoms with Crippen LogP contribution < -0.4 is 15.8 Å². The van der Waals surface area contributed by atoms with E-state index in [0.29, 0.717) is 31.0 Å². The first-order chi connectivity index (χ1) is 10.2. The number of aryl methyl sites for hydroxylation is 1. The van der Waals surface area contributed by atoms with Crippen molar-refractivity contribution in [1.82, 2.24) is 5.32 Å². The molecule has 0 aliphatic heterocycles. The Kier molecular flexibility index (Phi) is 5.21. The van der Waals surface area contributed by atoms with Gasteiger partial charge in [-0.2, -0.15) is 0 Å². The smallest absolute Gasteiger partial charge is 0.224 e. The van der Waals surface area contributed by atoms with E-state index < -0.39 is 0 Å². The van der Waals surface area contributed by atoms with E-state index in [0.717, 1.165) is 11.1 Å². The number of nitrogen functional groups attached to an aromatic ring is 1. The first kappa shape index (κ1) is 14.9. The Balaban J connectivity index is 1.73. The Morgan fingerprint density at radius 1 is 1.14 bits per heavy atom. The molecule has 0 fully saturated rings. The van der Waals surface area contributed by atoms with Crippen LogP contribution >= 0.6 is 0 Å². The van der Waals surface area contributed by atoms with Crippen LogP contribution in [0.5, 0.6) is 5.75 Å². The van der Waals surface area contributed by atoms with Gasteiger partial charge in [0.1, 0.15) is 12.4 Å². The number of nitrogens with two attached hydrogens (primary N) is 1. The van der Waals surface area contributed by atoms with Gasteiger partial charge in [-0.25, -0.2) is 0 Å². The summed E-state index contributed by atoms with van der Waals surface area (Å²) in [6.07, 6.45) is 0.389. The van der Waals surface area contributed by atoms with E-state index >= 15 is 0 Å². The SMILES string of the molecule is Cc1ccccc1CC(=O)NCCOc1ccccc1N. The van der Waals surface area contributed by atoms with Crippen LogP contribution in [0.25, 0.3) is 0 Å². The zero-order valence-corrected chi connectivity index (χ0v) is 12.1. The Bertz CT molecular complexity index is 611. The molecule has 0 atom stereocenters. The van der Waals surface area contributed by atoms with Crippen molar-refractivity contribution < 1.29 is 9.53 Å². The monoisotopic (exact) mass is 284 g/mol. The Hall–Kier alpha value is -2.49. The van der Waals surface area contributed by atoms with Gasteiger partial charge < -0.3 is 15.8 Å². The molecular weight excluding hydrogens is 264 g/mol. The van der Waals surface area contributed by atoms with Crippen molar-refractivity contribution in [3.05, 3.63) is 59.7 Å². The van der Waals surface area contributed by atoms with Crippen LogP contribution in [-0.2, 0) is 11.2 Å². The van der Waals surface area contributed by atoms with E-state index in [4.69, 9.17) is 10.5 Å². The van der Waals surface area contributed by atoms with E-state index in [2.05, 4.69) is 5.32 Å². The summed E-state index contributed by atoms with van der Waals surface area (Å²) in [6, 6.07) is 15.2. The third kappa shape index (κ3) is 4.53. The predicted molar refractivity (Wildman–Crippen MR) is 84.2 cm³/mol. The van der Waals surface area contributed by atoms with Crippen molar-refractivity contribution >= 4 is 11.6 Å². The third-order valence-electron chi connectivity index (χ3n) is 3.21. The maximum Gasteiger partial charge on any atom is 0.224 e. The van der Waals surface area contributed by atoms with Crippen molar-refractivity contribution in [2.24, 2.45) is 0 Å². The van der Waals surface area contributed by atoms with Gasteiger partial charge in [0.2, 0.25) is 5.91 Å². The molecule has 0 radical (unpaired) electrons. The van der Waals surface area contributed by atoms with Crippen molar-refractivity contribution in [2.75, 3.05) is 18.9 Å². The van der Waals surface area contributed by atoms with Crippen molar-refractivity contribution in [1.29, 1.82) is 0 Å². The second kappa shape index (κ2) is 7.33. The lowest BCUT2D eigenvalue weighted by Gasteiger charge is -2.10. The molecular formula is C17H20N2O2. The standard InChI is InChI=1S/C17H20N2O2/c1-13-6-2-3-7-14(13)12-17(20)19-10-11-21-16-9-5-4-8-15(16)18/h2-9H,10-12,18H2,1H3,(H,19,20). The number of carbonyl (C=O) groups excluding carboxylic acids is 1. The molecule has 0 unspecified atom stereocenters. The normalized spacial score (nSPS) is 10.1. The second-order valence-corrected chi connectivity index (χ2v) is 4.84. The fraction of sp³-hybridized carbons (Fsp3) is 0.235. The first-order valence-corrected chi connectivity index (χ1v) is 6.95. The average Bonchev–Trinajstić information content (AvgIpc) is 2.48. The van der Waals surface area contributed by atoms with E-state index in [1.165, 1.54) is 0 Å². The van der Waals surface area contributed by atoms with Crippen LogP contribution in [0.1, 0.15) is 11.1 Å². The Morgan fingerprint density at radius 3 is 2.62 bits per heavy atom. The fourth-order valence-corrected chi connectivity index (χ4v) is 2.01. The molecule has 0 aliphatic rings. The summed E-state index contributed by atoms with van der Waals surface area (Å²) >= 11 is 0. The molecule has 4 heteroatoms. The second-order valence-electron chi connectivity index (χ2n) is 4.84. The highest BCUT2D eigenvalue weighted by molar-refractivity contribution is 5.78. The van der Waals surface area contributed by atoms with Crippen LogP contribution in [0.4, 0.5) is 5.69 Å². The van der Waals surface area contributed by atoms with Gasteiger partial charge in [-0.3, -0.25) is 4.79 Å². The highest BCUT2D eigenvalue weighted by atomic mass is 16.5. The number of amides is 1. The molecule has 0 saturated carbocycles. The maximum atomic E-state index is 11.9. The molecule has 0 bridgehead atoms. The van der Waals surface area contributed by atoms with E-state index in [9.17, 15) is 4.79 Å². The zero-order valence-electron chi connectivity index (χ0n) is 12.1. The van der Waals surface area contributed by atoms with Crippen LogP contribution in [0.2, 0.25) is 0 Å². The molecule has 4 nitrogen and oxygen atoms in total. The zero-order chi connectivity index (χ0) is 15.1. The number of ether oxygens (including phenoxy) is 1. The summed E-state index contributed by atoms with van der Waals surface area (Å²) in [6.45, 7) is 2.86. The summed E-state index contributed by atoms with van der Waals surface area (Å²) in [5.74, 6) is 0.639. The summed E-state index contributed by atoms with van der Waals surface area (Å²) in [4.78, 5) is 11.9. The van der Waals surface area contributed by atoms with Gasteiger partial charge in [0.05, 0.1) is 18.7 Å². The van der Waals surface area contributed by atoms with E-state index in [1.54, 1.807) is 6.07 Å². The molecule has 1 amide bonds. The molecule has 21 heavy (non-hydrogen) atoms. The highest BCUT2D eigenvalue weighted by Crippen LogP contribution is 2.19. The molecule has 2 aromatic carbocycles. The molecule has 2 rings (SSSR count). The minimum atomic E-state index is -0.00562. The van der Waals surface area contributed by atoms with Gasteiger partial charge in [0.15, 0.2) is 0 Å². The number of hydrogen-bond acceptors (Lipinski definition) is 3. The van der Waals surface area contributed by atoms with Crippen LogP contribution in [0, 0.1) is 6.92 Å². The molecule has 0 aromatic heterocycles. The Morgan fingerprint density at radius 2 is 1.86 bits per heavy atom. The van der Waals surface area contributed by atoms with E-state index in [1.807, 2.05) is 49.4 Å². The topological polar surface area (TPSA) is 64.3 Å². The quantitative estimate of drug-likeness (QED) is 0.632. The molecule has 0 aliphatic carbocycles. The van der Waals surface area contributed by atoms with Crippen LogP contribution in [0.15, 0.2) is 48.5 Å². The van der Waals surface area contributed by atoms with Crippen molar-refractivity contribution in [3.63, 3.8) is 0 Å². The van der Waals surface area contributed by atoms with Gasteiger partial charge in [0, 0.05) is 0 Å². The summed E-state index contributed by atoms with van der Waals surface area (Å²) in [5, 5.41) is 2.84. The minimum absolute atomic E-state index is 0.00562. The predicted octanol–water partition coefficient (Wildman–Crippen LogP) is 2.31. The average molecular weight is 284 g/mol. The van der Waals surface area contributed by atoms with Gasteiger partial charge >= 0.3 is 0 Å². The number of rotatable bonds is 6. The van der Waals surface area contributed by atoms with Crippen molar-refractivity contribution in [2.45, 2.75) is 13.3 Å². The molecule has 110 valence electrons. The van der Waals surface area contributed by atoms with Gasteiger partial charge in [-0.1, -0.05) is 36.4 Å². The molecule has 0 spiro atoms. The minimum Gasteiger partial charge on any atom is -0.490 e. The van der Waals surface area contributed by atoms with Gasteiger partial charge in [0.25, 0.3) is 0 Å². The van der Waals surface area contributed by atoms with Gasteiger partial charge in [-0.15, -0.1) is 0 Å². The summed E-state index contributed by atoms with van der Waals surface area (Å²) < 4.78 is 5.52. The maximum absolute atomic E-state index is 11.9. The van der Waals surface area contributed by atoms with Crippen LogP contribution in [0.3, 0.4) is 0 Å². The molecule has 2 aromatic rings. The number of benzene rings is 2. The number of para-hydroxylation sites is 2. The third-order valence-corrected chi connectivity index (χ3v) is 3.21. The van der Waals surface area contributed by atoms with Crippen LogP contribution in [-0.4, -0.2) is 19.1 Å². The molecule has 3 N–H and O–H groups in total. The highest BCUT2D eigenvalue weighted by Gasteiger charge is 2.05. The fourth-order valence-electron chi connectivity index (χ4n) is 2.01. The van der Waals surface area contributed by atoms with E-state index in [-0.39, 0.29) is 5.91 Å². The number of nitrogens with one attached hydrogen (secondary N) is 1. The number of carbonyl (C=O) groups is 1. The molecule has 0 heterocycles. The summed E-state index contributed by atoms with van der Waals surface area (Å²) in [7, 11) is 0. The number of anilines is 1. The largest absolute Gasteiger partial charge is 0.490 e. The molecule has 0 saturated heterocycles. The summed E-state index contributed by atoms with van der Waals surface area (Å²) in [5.41, 5.74) is 8.54. The Labute approximate surface area is 124 Å². The van der Waals surface area contributed by atoms with Crippen molar-refractivity contribution in [3.8, 4) is 5.75 Å². The van der Waals surface area contributed by atoms with Gasteiger partial charge in [-0.05, 0) is 30.2 Å². The lowest BCUT2D eigenvalue weighted by atomic mass is 10.1. The lowest BCUT2D eigenvalue weighted by Crippen LogP contribution is -2.29. The number of hydrogen-bond donors (Lipinski definition) is 2.